The van der Waals surface area contributed by atoms with Crippen molar-refractivity contribution in [1.82, 2.24) is 0 Å². The van der Waals surface area contributed by atoms with Crippen LogP contribution in [-0.2, 0) is 0 Å². The number of rotatable bonds is 5. The Morgan fingerprint density at radius 2 is 1.67 bits per heavy atom. The summed E-state index contributed by atoms with van der Waals surface area (Å²) in [5, 5.41) is 9.53. The molecule has 0 radical (unpaired) electrons. The van der Waals surface area contributed by atoms with Gasteiger partial charge in [-0.15, -0.1) is 6.58 Å². The van der Waals surface area contributed by atoms with Crippen LogP contribution in [0.1, 0.15) is 68.6 Å². The number of hydrogen-bond acceptors (Lipinski definition) is 1. The van der Waals surface area contributed by atoms with Crippen molar-refractivity contribution < 1.29 is 13.9 Å². The molecule has 146 valence electrons. The fraction of sp³-hybridized carbons (Fsp3) is 0.500. The number of hydrogen-bond donors (Lipinski definition) is 1. The SMILES string of the molecule is C=CC1CCC(/C=C/C2C=CC(c3ccc(C(C)O)c(F)c3F)CC2)CC1. The molecule has 27 heavy (non-hydrogen) atoms. The van der Waals surface area contributed by atoms with Gasteiger partial charge in [-0.3, -0.25) is 0 Å². The van der Waals surface area contributed by atoms with Crippen LogP contribution in [0.4, 0.5) is 8.78 Å². The van der Waals surface area contributed by atoms with Crippen LogP contribution in [0.2, 0.25) is 0 Å². The minimum atomic E-state index is -1.01. The summed E-state index contributed by atoms with van der Waals surface area (Å²) in [5.41, 5.74) is 0.404. The van der Waals surface area contributed by atoms with E-state index in [-0.39, 0.29) is 11.5 Å². The number of aliphatic hydroxyl groups excluding tert-OH is 1. The lowest BCUT2D eigenvalue weighted by atomic mass is 9.80. The highest BCUT2D eigenvalue weighted by molar-refractivity contribution is 5.33. The van der Waals surface area contributed by atoms with Crippen molar-refractivity contribution in [3.05, 3.63) is 71.9 Å². The molecule has 0 heterocycles. The predicted molar refractivity (Wildman–Crippen MR) is 106 cm³/mol. The topological polar surface area (TPSA) is 20.2 Å². The molecule has 0 amide bonds. The first kappa shape index (κ1) is 20.0. The molecule has 1 nitrogen and oxygen atoms in total. The molecule has 1 saturated carbocycles. The first-order valence-electron chi connectivity index (χ1n) is 10.1. The van der Waals surface area contributed by atoms with E-state index in [0.29, 0.717) is 23.3 Å². The summed E-state index contributed by atoms with van der Waals surface area (Å²) in [6.07, 6.45) is 16.5. The number of allylic oxidation sites excluding steroid dienone is 5. The summed E-state index contributed by atoms with van der Waals surface area (Å²) >= 11 is 0. The number of benzene rings is 1. The summed E-state index contributed by atoms with van der Waals surface area (Å²) in [7, 11) is 0. The van der Waals surface area contributed by atoms with Crippen LogP contribution in [0.15, 0.2) is 49.1 Å². The molecule has 0 aliphatic heterocycles. The molecular formula is C24H30F2O. The van der Waals surface area contributed by atoms with Gasteiger partial charge in [0.15, 0.2) is 11.6 Å². The van der Waals surface area contributed by atoms with Crippen molar-refractivity contribution in [1.29, 1.82) is 0 Å². The highest BCUT2D eigenvalue weighted by atomic mass is 19.2. The van der Waals surface area contributed by atoms with Crippen LogP contribution in [0, 0.1) is 29.4 Å². The predicted octanol–water partition coefficient (Wildman–Crippen LogP) is 6.62. The zero-order chi connectivity index (χ0) is 19.4. The van der Waals surface area contributed by atoms with Crippen molar-refractivity contribution in [2.75, 3.05) is 0 Å². The van der Waals surface area contributed by atoms with Crippen LogP contribution in [-0.4, -0.2) is 5.11 Å². The van der Waals surface area contributed by atoms with Crippen molar-refractivity contribution in [3.63, 3.8) is 0 Å². The molecule has 3 heteroatoms. The second-order valence-electron chi connectivity index (χ2n) is 8.08. The van der Waals surface area contributed by atoms with E-state index in [1.165, 1.54) is 38.7 Å². The van der Waals surface area contributed by atoms with Gasteiger partial charge in [0.2, 0.25) is 0 Å². The lowest BCUT2D eigenvalue weighted by Gasteiger charge is -2.25. The summed E-state index contributed by atoms with van der Waals surface area (Å²) in [5.74, 6) is -0.130. The van der Waals surface area contributed by atoms with Gasteiger partial charge in [-0.05, 0) is 68.8 Å². The molecule has 1 N–H and O–H groups in total. The van der Waals surface area contributed by atoms with Crippen LogP contribution < -0.4 is 0 Å². The van der Waals surface area contributed by atoms with E-state index in [1.807, 2.05) is 6.08 Å². The zero-order valence-electron chi connectivity index (χ0n) is 16.1. The van der Waals surface area contributed by atoms with Gasteiger partial charge in [-0.1, -0.05) is 42.5 Å². The standard InChI is InChI=1S/C24H30F2O/c1-3-17-4-6-18(7-5-17)8-9-19-10-12-20(13-11-19)22-15-14-21(16(2)27)23(25)24(22)26/h3,8-10,12,14-20,27H,1,4-7,11,13H2,2H3/b9-8+. The van der Waals surface area contributed by atoms with E-state index in [0.717, 1.165) is 12.8 Å². The maximum atomic E-state index is 14.4. The van der Waals surface area contributed by atoms with E-state index in [1.54, 1.807) is 6.07 Å². The van der Waals surface area contributed by atoms with E-state index in [2.05, 4.69) is 30.9 Å². The fourth-order valence-electron chi connectivity index (χ4n) is 4.32. The van der Waals surface area contributed by atoms with Crippen molar-refractivity contribution in [2.45, 2.75) is 57.5 Å². The first-order chi connectivity index (χ1) is 13.0. The molecule has 3 rings (SSSR count). The fourth-order valence-corrected chi connectivity index (χ4v) is 4.32. The molecule has 1 fully saturated rings. The lowest BCUT2D eigenvalue weighted by molar-refractivity contribution is 0.192. The van der Waals surface area contributed by atoms with Crippen LogP contribution in [0.3, 0.4) is 0 Å². The van der Waals surface area contributed by atoms with E-state index < -0.39 is 17.7 Å². The molecule has 0 aromatic heterocycles. The van der Waals surface area contributed by atoms with Gasteiger partial charge in [0.05, 0.1) is 6.10 Å². The van der Waals surface area contributed by atoms with Gasteiger partial charge < -0.3 is 5.11 Å². The Bertz CT molecular complexity index is 711. The van der Waals surface area contributed by atoms with Gasteiger partial charge in [0.1, 0.15) is 0 Å². The molecule has 1 aromatic carbocycles. The third-order valence-corrected chi connectivity index (χ3v) is 6.17. The quantitative estimate of drug-likeness (QED) is 0.576. The molecule has 2 aliphatic rings. The Kier molecular flexibility index (Phi) is 6.64. The van der Waals surface area contributed by atoms with Crippen LogP contribution >= 0.6 is 0 Å². The largest absolute Gasteiger partial charge is 0.389 e. The van der Waals surface area contributed by atoms with Crippen molar-refractivity contribution in [3.8, 4) is 0 Å². The molecular weight excluding hydrogens is 342 g/mol. The van der Waals surface area contributed by atoms with Gasteiger partial charge in [-0.25, -0.2) is 8.78 Å². The number of aliphatic hydroxyl groups is 1. The van der Waals surface area contributed by atoms with Gasteiger partial charge in [-0.2, -0.15) is 0 Å². The average molecular weight is 372 g/mol. The molecule has 1 aromatic rings. The molecule has 2 aliphatic carbocycles. The lowest BCUT2D eigenvalue weighted by Crippen LogP contribution is -2.12. The molecule has 0 spiro atoms. The Hall–Kier alpha value is -1.74. The molecule has 0 saturated heterocycles. The second kappa shape index (κ2) is 8.97. The molecule has 0 bridgehead atoms. The normalized spacial score (nSPS) is 29.8. The Labute approximate surface area is 161 Å². The summed E-state index contributed by atoms with van der Waals surface area (Å²) in [6.45, 7) is 5.34. The third kappa shape index (κ3) is 4.76. The summed E-state index contributed by atoms with van der Waals surface area (Å²) in [4.78, 5) is 0. The maximum absolute atomic E-state index is 14.4. The monoisotopic (exact) mass is 372 g/mol. The zero-order valence-corrected chi connectivity index (χ0v) is 16.1. The summed E-state index contributed by atoms with van der Waals surface area (Å²) in [6, 6.07) is 3.11. The number of halogens is 2. The first-order valence-corrected chi connectivity index (χ1v) is 10.1. The smallest absolute Gasteiger partial charge is 0.164 e. The molecule has 3 unspecified atom stereocenters. The van der Waals surface area contributed by atoms with Gasteiger partial charge in [0.25, 0.3) is 0 Å². The van der Waals surface area contributed by atoms with E-state index >= 15 is 0 Å². The molecule has 3 atom stereocenters. The highest BCUT2D eigenvalue weighted by Gasteiger charge is 2.23. The van der Waals surface area contributed by atoms with E-state index in [4.69, 9.17) is 0 Å². The van der Waals surface area contributed by atoms with Crippen LogP contribution in [0.25, 0.3) is 0 Å². The van der Waals surface area contributed by atoms with Gasteiger partial charge in [0, 0.05) is 11.5 Å². The van der Waals surface area contributed by atoms with Crippen molar-refractivity contribution in [2.24, 2.45) is 17.8 Å². The minimum Gasteiger partial charge on any atom is -0.389 e. The van der Waals surface area contributed by atoms with Crippen molar-refractivity contribution >= 4 is 0 Å². The maximum Gasteiger partial charge on any atom is 0.164 e. The average Bonchev–Trinajstić information content (AvgIpc) is 2.69. The second-order valence-corrected chi connectivity index (χ2v) is 8.08. The van der Waals surface area contributed by atoms with Gasteiger partial charge >= 0.3 is 0 Å². The van der Waals surface area contributed by atoms with E-state index in [9.17, 15) is 13.9 Å². The highest BCUT2D eigenvalue weighted by Crippen LogP contribution is 2.35. The third-order valence-electron chi connectivity index (χ3n) is 6.17. The van der Waals surface area contributed by atoms with Crippen LogP contribution in [0.5, 0.6) is 0 Å². The Morgan fingerprint density at radius 3 is 2.26 bits per heavy atom. The Morgan fingerprint density at radius 1 is 0.963 bits per heavy atom. The summed E-state index contributed by atoms with van der Waals surface area (Å²) < 4.78 is 28.6. The Balaban J connectivity index is 1.61. The minimum absolute atomic E-state index is 0.0167.